The average Bonchev–Trinajstić information content (AvgIpc) is 3.26. The van der Waals surface area contributed by atoms with Crippen molar-refractivity contribution < 1.29 is 13.9 Å². The topological polar surface area (TPSA) is 45.9 Å². The molecule has 0 aliphatic carbocycles. The number of furan rings is 1. The predicted molar refractivity (Wildman–Crippen MR) is 96.9 cm³/mol. The van der Waals surface area contributed by atoms with E-state index in [1.807, 2.05) is 11.0 Å². The zero-order chi connectivity index (χ0) is 17.4. The summed E-state index contributed by atoms with van der Waals surface area (Å²) < 4.78 is 11.4. The van der Waals surface area contributed by atoms with E-state index in [1.54, 1.807) is 6.26 Å². The number of likely N-dealkylation sites (tertiary alicyclic amines) is 1. The molecule has 2 fully saturated rings. The fourth-order valence-corrected chi connectivity index (χ4v) is 4.23. The minimum Gasteiger partial charge on any atom is -0.463 e. The highest BCUT2D eigenvalue weighted by atomic mass is 16.5. The first-order valence-corrected chi connectivity index (χ1v) is 9.28. The van der Waals surface area contributed by atoms with Crippen molar-refractivity contribution in [3.63, 3.8) is 0 Å². The smallest absolute Gasteiger partial charge is 0.258 e. The first-order valence-electron chi connectivity index (χ1n) is 9.28. The third kappa shape index (κ3) is 2.96. The highest BCUT2D eigenvalue weighted by Crippen LogP contribution is 2.28. The Bertz CT molecular complexity index is 769. The van der Waals surface area contributed by atoms with Crippen LogP contribution in [0.15, 0.2) is 28.9 Å². The fourth-order valence-electron chi connectivity index (χ4n) is 4.23. The van der Waals surface area contributed by atoms with Crippen LogP contribution in [-0.2, 0) is 11.2 Å². The van der Waals surface area contributed by atoms with Crippen LogP contribution in [0.4, 0.5) is 0 Å². The molecule has 25 heavy (non-hydrogen) atoms. The molecule has 134 valence electrons. The van der Waals surface area contributed by atoms with Gasteiger partial charge in [0.05, 0.1) is 24.8 Å². The van der Waals surface area contributed by atoms with Gasteiger partial charge in [0.1, 0.15) is 11.8 Å². The minimum absolute atomic E-state index is 0.0700. The van der Waals surface area contributed by atoms with Crippen LogP contribution in [0.5, 0.6) is 0 Å². The Morgan fingerprint density at radius 1 is 1.28 bits per heavy atom. The number of carbonyl (C=O) groups is 1. The Labute approximate surface area is 148 Å². The average molecular weight is 342 g/mol. The number of fused-ring (bicyclic) bond motifs is 1. The van der Waals surface area contributed by atoms with Crippen molar-refractivity contribution in [2.24, 2.45) is 0 Å². The summed E-state index contributed by atoms with van der Waals surface area (Å²) in [5.41, 5.74) is 2.68. The lowest BCUT2D eigenvalue weighted by molar-refractivity contribution is -0.0232. The molecule has 1 aromatic heterocycles. The number of likely N-dealkylation sites (N-methyl/N-ethyl adjacent to an activating group) is 1. The van der Waals surface area contributed by atoms with Crippen LogP contribution in [0.1, 0.15) is 35.7 Å². The molecule has 5 heteroatoms. The van der Waals surface area contributed by atoms with Gasteiger partial charge < -0.3 is 19.0 Å². The number of hydrogen-bond acceptors (Lipinski definition) is 4. The van der Waals surface area contributed by atoms with E-state index in [0.717, 1.165) is 30.4 Å². The Morgan fingerprint density at radius 3 is 2.92 bits per heavy atom. The predicted octanol–water partition coefficient (Wildman–Crippen LogP) is 2.93. The summed E-state index contributed by atoms with van der Waals surface area (Å²) in [6.07, 6.45) is 4.88. The van der Waals surface area contributed by atoms with E-state index in [4.69, 9.17) is 9.15 Å². The number of amides is 1. The molecule has 0 spiro atoms. The molecule has 2 aromatic rings. The van der Waals surface area contributed by atoms with E-state index in [1.165, 1.54) is 12.0 Å². The van der Waals surface area contributed by atoms with Crippen molar-refractivity contribution in [2.45, 2.75) is 38.3 Å². The summed E-state index contributed by atoms with van der Waals surface area (Å²) >= 11 is 0. The van der Waals surface area contributed by atoms with Crippen molar-refractivity contribution in [3.8, 4) is 0 Å². The molecule has 0 saturated carbocycles. The maximum atomic E-state index is 13.3. The van der Waals surface area contributed by atoms with Crippen LogP contribution in [0.3, 0.4) is 0 Å². The van der Waals surface area contributed by atoms with Gasteiger partial charge in [-0.15, -0.1) is 0 Å². The molecule has 0 radical (unpaired) electrons. The lowest BCUT2D eigenvalue weighted by Gasteiger charge is -2.41. The molecule has 4 rings (SSSR count). The van der Waals surface area contributed by atoms with E-state index in [-0.39, 0.29) is 11.9 Å². The monoisotopic (exact) mass is 342 g/mol. The first-order chi connectivity index (χ1) is 12.2. The van der Waals surface area contributed by atoms with Gasteiger partial charge in [0.2, 0.25) is 0 Å². The summed E-state index contributed by atoms with van der Waals surface area (Å²) in [4.78, 5) is 17.7. The molecule has 5 nitrogen and oxygen atoms in total. The highest BCUT2D eigenvalue weighted by molar-refractivity contribution is 6.06. The molecule has 0 bridgehead atoms. The van der Waals surface area contributed by atoms with Crippen molar-refractivity contribution in [2.75, 3.05) is 33.4 Å². The molecule has 2 saturated heterocycles. The van der Waals surface area contributed by atoms with Crippen molar-refractivity contribution in [3.05, 3.63) is 35.6 Å². The molecule has 0 N–H and O–H groups in total. The molecule has 2 aliphatic rings. The van der Waals surface area contributed by atoms with E-state index in [9.17, 15) is 4.79 Å². The SMILES string of the molecule is CCc1ccc2occ(C(=O)N3CCOC[C@@H]3[C@@H]3CCCN3C)c2c1. The molecule has 1 aromatic carbocycles. The van der Waals surface area contributed by atoms with Crippen LogP contribution in [0.2, 0.25) is 0 Å². The van der Waals surface area contributed by atoms with E-state index in [0.29, 0.717) is 31.4 Å². The van der Waals surface area contributed by atoms with Gasteiger partial charge in [-0.05, 0) is 50.6 Å². The highest BCUT2D eigenvalue weighted by Gasteiger charge is 2.38. The van der Waals surface area contributed by atoms with Crippen molar-refractivity contribution >= 4 is 16.9 Å². The molecule has 3 heterocycles. The maximum Gasteiger partial charge on any atom is 0.258 e. The summed E-state index contributed by atoms with van der Waals surface area (Å²) in [7, 11) is 2.15. The van der Waals surface area contributed by atoms with Gasteiger partial charge in [-0.1, -0.05) is 13.0 Å². The van der Waals surface area contributed by atoms with Crippen LogP contribution in [-0.4, -0.2) is 61.1 Å². The minimum atomic E-state index is 0.0700. The summed E-state index contributed by atoms with van der Waals surface area (Å²) in [5, 5.41) is 0.925. The third-order valence-electron chi connectivity index (χ3n) is 5.72. The number of benzene rings is 1. The number of morpholine rings is 1. The lowest BCUT2D eigenvalue weighted by atomic mass is 10.0. The zero-order valence-electron chi connectivity index (χ0n) is 15.0. The molecule has 2 atom stereocenters. The molecule has 0 unspecified atom stereocenters. The lowest BCUT2D eigenvalue weighted by Crippen LogP contribution is -2.56. The third-order valence-corrected chi connectivity index (χ3v) is 5.72. The first kappa shape index (κ1) is 16.6. The van der Waals surface area contributed by atoms with Gasteiger partial charge in [-0.3, -0.25) is 4.79 Å². The number of ether oxygens (including phenoxy) is 1. The van der Waals surface area contributed by atoms with Gasteiger partial charge in [0, 0.05) is 18.0 Å². The number of rotatable bonds is 3. The second-order valence-electron chi connectivity index (χ2n) is 7.16. The van der Waals surface area contributed by atoms with Crippen LogP contribution < -0.4 is 0 Å². The second kappa shape index (κ2) is 6.81. The molecule has 2 aliphatic heterocycles. The van der Waals surface area contributed by atoms with E-state index < -0.39 is 0 Å². The van der Waals surface area contributed by atoms with Crippen LogP contribution >= 0.6 is 0 Å². The summed E-state index contributed by atoms with van der Waals surface area (Å²) in [6, 6.07) is 6.61. The van der Waals surface area contributed by atoms with Crippen molar-refractivity contribution in [1.82, 2.24) is 9.80 Å². The van der Waals surface area contributed by atoms with Gasteiger partial charge in [-0.2, -0.15) is 0 Å². The molecular formula is C20H26N2O3. The standard InChI is InChI=1S/C20H26N2O3/c1-3-14-6-7-19-15(11-14)16(12-25-19)20(23)22-9-10-24-13-18(22)17-5-4-8-21(17)2/h6-7,11-12,17-18H,3-5,8-10,13H2,1-2H3/t17-,18+/m0/s1. The van der Waals surface area contributed by atoms with Gasteiger partial charge >= 0.3 is 0 Å². The van der Waals surface area contributed by atoms with Gasteiger partial charge in [-0.25, -0.2) is 0 Å². The normalized spacial score (nSPS) is 25.0. The van der Waals surface area contributed by atoms with E-state index in [2.05, 4.69) is 31.0 Å². The Balaban J connectivity index is 1.66. The van der Waals surface area contributed by atoms with Crippen LogP contribution in [0.25, 0.3) is 11.0 Å². The van der Waals surface area contributed by atoms with Crippen LogP contribution in [0, 0.1) is 0 Å². The molecule has 1 amide bonds. The van der Waals surface area contributed by atoms with Gasteiger partial charge in [0.15, 0.2) is 0 Å². The Morgan fingerprint density at radius 2 is 2.16 bits per heavy atom. The Hall–Kier alpha value is -1.85. The quantitative estimate of drug-likeness (QED) is 0.860. The number of hydrogen-bond donors (Lipinski definition) is 0. The summed E-state index contributed by atoms with van der Waals surface area (Å²) in [6.45, 7) is 5.09. The van der Waals surface area contributed by atoms with Crippen molar-refractivity contribution in [1.29, 1.82) is 0 Å². The maximum absolute atomic E-state index is 13.3. The fraction of sp³-hybridized carbons (Fsp3) is 0.550. The zero-order valence-corrected chi connectivity index (χ0v) is 15.0. The van der Waals surface area contributed by atoms with E-state index >= 15 is 0 Å². The second-order valence-corrected chi connectivity index (χ2v) is 7.16. The summed E-state index contributed by atoms with van der Waals surface area (Å²) in [5.74, 6) is 0.0700. The molecular weight excluding hydrogens is 316 g/mol. The number of carbonyl (C=O) groups excluding carboxylic acids is 1. The largest absolute Gasteiger partial charge is 0.463 e. The number of aryl methyl sites for hydroxylation is 1. The number of nitrogens with zero attached hydrogens (tertiary/aromatic N) is 2. The van der Waals surface area contributed by atoms with Gasteiger partial charge in [0.25, 0.3) is 5.91 Å². The Kier molecular flexibility index (Phi) is 4.52.